The lowest BCUT2D eigenvalue weighted by molar-refractivity contribution is 0.0106. The minimum atomic E-state index is 0.135. The number of rotatable bonds is 11. The summed E-state index contributed by atoms with van der Waals surface area (Å²) >= 11 is 0. The number of hydrogen-bond donors (Lipinski definition) is 1. The molecule has 6 nitrogen and oxygen atoms in total. The number of hydrogen-bond acceptors (Lipinski definition) is 6. The maximum absolute atomic E-state index is 6.55. The first-order chi connectivity index (χ1) is 18.7. The van der Waals surface area contributed by atoms with Crippen LogP contribution in [-0.2, 0) is 27.4 Å². The molecule has 0 amide bonds. The number of ether oxygens (including phenoxy) is 4. The number of anilines is 1. The van der Waals surface area contributed by atoms with Crippen molar-refractivity contribution < 1.29 is 18.9 Å². The van der Waals surface area contributed by atoms with Crippen molar-refractivity contribution in [3.05, 3.63) is 83.5 Å². The number of benzene rings is 2. The van der Waals surface area contributed by atoms with Gasteiger partial charge in [0.25, 0.3) is 0 Å². The maximum Gasteiger partial charge on any atom is 0.142 e. The third-order valence-corrected chi connectivity index (χ3v) is 7.84. The molecular weight excluding hydrogens is 476 g/mol. The Hall–Kier alpha value is -2.64. The molecule has 3 aliphatic rings. The van der Waals surface area contributed by atoms with Crippen molar-refractivity contribution in [2.75, 3.05) is 51.4 Å². The predicted octanol–water partition coefficient (Wildman–Crippen LogP) is 5.23. The SMILES string of the molecule is COCCCN1CCOc2ccc(CO[C@H]3CNCC[C@@H]3c3ccc(COC4C=CC=CC4C)cc3)cc21. The lowest BCUT2D eigenvalue weighted by Crippen LogP contribution is -2.41. The number of nitrogens with one attached hydrogen (secondary N) is 1. The van der Waals surface area contributed by atoms with E-state index in [0.717, 1.165) is 58.0 Å². The molecule has 1 N–H and O–H groups in total. The highest BCUT2D eigenvalue weighted by atomic mass is 16.5. The third-order valence-electron chi connectivity index (χ3n) is 7.84. The van der Waals surface area contributed by atoms with Crippen LogP contribution >= 0.6 is 0 Å². The van der Waals surface area contributed by atoms with Crippen molar-refractivity contribution in [3.8, 4) is 5.75 Å². The number of nitrogens with zero attached hydrogens (tertiary/aromatic N) is 1. The fraction of sp³-hybridized carbons (Fsp3) is 0.500. The van der Waals surface area contributed by atoms with Gasteiger partial charge >= 0.3 is 0 Å². The van der Waals surface area contributed by atoms with Gasteiger partial charge in [0.1, 0.15) is 12.4 Å². The van der Waals surface area contributed by atoms with E-state index in [1.165, 1.54) is 22.4 Å². The summed E-state index contributed by atoms with van der Waals surface area (Å²) in [7, 11) is 1.76. The molecule has 6 heteroatoms. The topological polar surface area (TPSA) is 52.2 Å². The molecule has 38 heavy (non-hydrogen) atoms. The highest BCUT2D eigenvalue weighted by Crippen LogP contribution is 2.34. The lowest BCUT2D eigenvalue weighted by Gasteiger charge is -2.33. The molecule has 204 valence electrons. The average molecular weight is 519 g/mol. The van der Waals surface area contributed by atoms with Crippen LogP contribution in [0.15, 0.2) is 66.8 Å². The van der Waals surface area contributed by atoms with Gasteiger partial charge in [0.15, 0.2) is 0 Å². The van der Waals surface area contributed by atoms with E-state index in [2.05, 4.69) is 83.9 Å². The Morgan fingerprint density at radius 3 is 2.66 bits per heavy atom. The van der Waals surface area contributed by atoms with Crippen LogP contribution in [0.2, 0.25) is 0 Å². The highest BCUT2D eigenvalue weighted by molar-refractivity contribution is 5.61. The zero-order valence-corrected chi connectivity index (χ0v) is 22.8. The molecule has 2 heterocycles. The van der Waals surface area contributed by atoms with Crippen LogP contribution in [0.1, 0.15) is 42.4 Å². The van der Waals surface area contributed by atoms with Crippen LogP contribution in [0.4, 0.5) is 5.69 Å². The summed E-state index contributed by atoms with van der Waals surface area (Å²) < 4.78 is 23.9. The van der Waals surface area contributed by atoms with E-state index < -0.39 is 0 Å². The number of piperidine rings is 1. The van der Waals surface area contributed by atoms with E-state index in [-0.39, 0.29) is 12.2 Å². The van der Waals surface area contributed by atoms with Crippen molar-refractivity contribution in [2.24, 2.45) is 5.92 Å². The second-order valence-corrected chi connectivity index (χ2v) is 10.6. The summed E-state index contributed by atoms with van der Waals surface area (Å²) in [5.41, 5.74) is 4.90. The molecule has 0 aromatic heterocycles. The molecule has 0 radical (unpaired) electrons. The van der Waals surface area contributed by atoms with Gasteiger partial charge in [-0.15, -0.1) is 0 Å². The second kappa shape index (κ2) is 13.4. The summed E-state index contributed by atoms with van der Waals surface area (Å²) in [5, 5.41) is 3.53. The number of allylic oxidation sites excluding steroid dienone is 2. The molecule has 0 bridgehead atoms. The lowest BCUT2D eigenvalue weighted by atomic mass is 9.87. The third kappa shape index (κ3) is 6.86. The largest absolute Gasteiger partial charge is 0.490 e. The molecule has 1 fully saturated rings. The van der Waals surface area contributed by atoms with E-state index in [4.69, 9.17) is 18.9 Å². The van der Waals surface area contributed by atoms with Gasteiger partial charge < -0.3 is 29.2 Å². The van der Waals surface area contributed by atoms with Gasteiger partial charge in [0, 0.05) is 38.6 Å². The normalized spacial score (nSPS) is 24.7. The van der Waals surface area contributed by atoms with Gasteiger partial charge in [-0.25, -0.2) is 0 Å². The smallest absolute Gasteiger partial charge is 0.142 e. The van der Waals surface area contributed by atoms with Crippen molar-refractivity contribution >= 4 is 5.69 Å². The molecule has 5 rings (SSSR count). The van der Waals surface area contributed by atoms with Gasteiger partial charge in [0.05, 0.1) is 37.7 Å². The molecule has 2 aromatic carbocycles. The number of methoxy groups -OCH3 is 1. The zero-order valence-electron chi connectivity index (χ0n) is 22.8. The summed E-state index contributed by atoms with van der Waals surface area (Å²) in [5.74, 6) is 1.75. The van der Waals surface area contributed by atoms with Gasteiger partial charge in [-0.3, -0.25) is 0 Å². The fourth-order valence-electron chi connectivity index (χ4n) is 5.59. The predicted molar refractivity (Wildman–Crippen MR) is 152 cm³/mol. The van der Waals surface area contributed by atoms with E-state index in [0.29, 0.717) is 25.0 Å². The second-order valence-electron chi connectivity index (χ2n) is 10.6. The van der Waals surface area contributed by atoms with Crippen LogP contribution in [0.25, 0.3) is 0 Å². The fourth-order valence-corrected chi connectivity index (χ4v) is 5.59. The first-order valence-corrected chi connectivity index (χ1v) is 14.1. The summed E-state index contributed by atoms with van der Waals surface area (Å²) in [4.78, 5) is 2.40. The van der Waals surface area contributed by atoms with E-state index in [1.807, 2.05) is 0 Å². The van der Waals surface area contributed by atoms with Crippen molar-refractivity contribution in [1.82, 2.24) is 5.32 Å². The van der Waals surface area contributed by atoms with Crippen molar-refractivity contribution in [3.63, 3.8) is 0 Å². The Morgan fingerprint density at radius 2 is 1.82 bits per heavy atom. The molecule has 0 saturated carbocycles. The van der Waals surface area contributed by atoms with Crippen molar-refractivity contribution in [2.45, 2.75) is 51.1 Å². The average Bonchev–Trinajstić information content (AvgIpc) is 2.96. The van der Waals surface area contributed by atoms with Crippen LogP contribution in [0, 0.1) is 5.92 Å². The van der Waals surface area contributed by atoms with E-state index >= 15 is 0 Å². The molecule has 2 aromatic rings. The van der Waals surface area contributed by atoms with Crippen LogP contribution in [0.5, 0.6) is 5.75 Å². The summed E-state index contributed by atoms with van der Waals surface area (Å²) in [6, 6.07) is 15.4. The zero-order chi connectivity index (χ0) is 26.2. The van der Waals surface area contributed by atoms with E-state index in [1.54, 1.807) is 7.11 Å². The Balaban J connectivity index is 1.18. The van der Waals surface area contributed by atoms with Crippen LogP contribution < -0.4 is 15.0 Å². The van der Waals surface area contributed by atoms with Gasteiger partial charge in [-0.05, 0) is 48.2 Å². The van der Waals surface area contributed by atoms with Gasteiger partial charge in [-0.2, -0.15) is 0 Å². The molecule has 0 spiro atoms. The van der Waals surface area contributed by atoms with Gasteiger partial charge in [0.2, 0.25) is 0 Å². The Bertz CT molecular complexity index is 1080. The molecule has 1 aliphatic carbocycles. The maximum atomic E-state index is 6.55. The first kappa shape index (κ1) is 26.9. The molecule has 1 saturated heterocycles. The highest BCUT2D eigenvalue weighted by Gasteiger charge is 2.27. The minimum Gasteiger partial charge on any atom is -0.490 e. The molecule has 2 aliphatic heterocycles. The minimum absolute atomic E-state index is 0.135. The Morgan fingerprint density at radius 1 is 1.00 bits per heavy atom. The Kier molecular flexibility index (Phi) is 9.52. The molecule has 4 atom stereocenters. The monoisotopic (exact) mass is 518 g/mol. The van der Waals surface area contributed by atoms with Crippen LogP contribution in [0.3, 0.4) is 0 Å². The molecular formula is C32H42N2O4. The quantitative estimate of drug-likeness (QED) is 0.411. The van der Waals surface area contributed by atoms with E-state index in [9.17, 15) is 0 Å². The van der Waals surface area contributed by atoms with Gasteiger partial charge in [-0.1, -0.05) is 61.6 Å². The summed E-state index contributed by atoms with van der Waals surface area (Å²) in [6.45, 7) is 8.68. The van der Waals surface area contributed by atoms with Crippen LogP contribution in [-0.4, -0.2) is 58.7 Å². The standard InChI is InChI=1S/C32H42N2O4/c1-24-6-3-4-7-30(24)37-22-25-8-11-27(12-9-25)28-14-15-33-21-32(28)38-23-26-10-13-31-29(20-26)34(17-19-36-31)16-5-18-35-2/h3-4,6-13,20,24,28,30,32-33H,5,14-19,21-23H2,1-2H3/t24?,28-,30?,32+/m1/s1. The summed E-state index contributed by atoms with van der Waals surface area (Å²) in [6.07, 6.45) is 10.9. The Labute approximate surface area is 227 Å². The first-order valence-electron chi connectivity index (χ1n) is 14.1. The number of fused-ring (bicyclic) bond motifs is 1. The van der Waals surface area contributed by atoms with Crippen molar-refractivity contribution in [1.29, 1.82) is 0 Å². The molecule has 2 unspecified atom stereocenters.